The lowest BCUT2D eigenvalue weighted by atomic mass is 10.0. The first kappa shape index (κ1) is 11.7. The van der Waals surface area contributed by atoms with E-state index in [1.165, 1.54) is 0 Å². The molecule has 0 fully saturated rings. The van der Waals surface area contributed by atoms with Crippen LogP contribution < -0.4 is 10.6 Å². The second-order valence-electron chi connectivity index (χ2n) is 4.60. The number of hydrogen-bond acceptors (Lipinski definition) is 4. The highest BCUT2D eigenvalue weighted by Gasteiger charge is 2.27. The second kappa shape index (κ2) is 4.72. The van der Waals surface area contributed by atoms with Crippen LogP contribution >= 0.6 is 0 Å². The molecule has 1 aliphatic heterocycles. The number of rotatable bonds is 3. The fourth-order valence-electron chi connectivity index (χ4n) is 2.27. The Hall–Kier alpha value is -2.37. The molecule has 2 N–H and O–H groups in total. The van der Waals surface area contributed by atoms with E-state index in [1.807, 2.05) is 31.3 Å². The quantitative estimate of drug-likeness (QED) is 0.846. The molecule has 1 unspecified atom stereocenters. The monoisotopic (exact) mass is 257 g/mol. The summed E-state index contributed by atoms with van der Waals surface area (Å²) >= 11 is 0. The molecule has 1 atom stereocenters. The lowest BCUT2D eigenvalue weighted by Gasteiger charge is -2.10. The molecule has 1 aromatic heterocycles. The fraction of sp³-hybridized carbons (Fsp3) is 0.308. The van der Waals surface area contributed by atoms with Crippen molar-refractivity contribution in [3.8, 4) is 0 Å². The second-order valence-corrected chi connectivity index (χ2v) is 4.60. The van der Waals surface area contributed by atoms with Crippen LogP contribution in [0.4, 0.5) is 5.69 Å². The van der Waals surface area contributed by atoms with Crippen LogP contribution in [0.2, 0.25) is 0 Å². The molecule has 1 amide bonds. The van der Waals surface area contributed by atoms with Crippen molar-refractivity contribution < 1.29 is 4.79 Å². The van der Waals surface area contributed by atoms with Gasteiger partial charge in [0.25, 0.3) is 0 Å². The summed E-state index contributed by atoms with van der Waals surface area (Å²) in [5.41, 5.74) is 2.10. The van der Waals surface area contributed by atoms with Crippen molar-refractivity contribution in [2.75, 3.05) is 11.9 Å². The molecule has 98 valence electrons. The van der Waals surface area contributed by atoms with Crippen LogP contribution in [0.15, 0.2) is 30.6 Å². The summed E-state index contributed by atoms with van der Waals surface area (Å²) in [6.07, 6.45) is 1.62. The summed E-state index contributed by atoms with van der Waals surface area (Å²) in [5, 5.41) is 13.9. The van der Waals surface area contributed by atoms with Crippen LogP contribution in [0, 0.1) is 0 Å². The minimum atomic E-state index is -0.135. The third-order valence-electron chi connectivity index (χ3n) is 3.38. The van der Waals surface area contributed by atoms with Gasteiger partial charge in [-0.15, -0.1) is 10.2 Å². The van der Waals surface area contributed by atoms with E-state index in [2.05, 4.69) is 20.8 Å². The molecule has 6 nitrogen and oxygen atoms in total. The van der Waals surface area contributed by atoms with Crippen molar-refractivity contribution in [1.29, 1.82) is 0 Å². The molecule has 0 radical (unpaired) electrons. The van der Waals surface area contributed by atoms with E-state index in [1.54, 1.807) is 10.9 Å². The highest BCUT2D eigenvalue weighted by molar-refractivity contribution is 5.88. The van der Waals surface area contributed by atoms with Crippen molar-refractivity contribution in [2.24, 2.45) is 7.05 Å². The number of carbonyl (C=O) groups is 1. The molecule has 2 aromatic rings. The third kappa shape index (κ3) is 2.16. The zero-order chi connectivity index (χ0) is 13.2. The number of benzene rings is 1. The van der Waals surface area contributed by atoms with Gasteiger partial charge in [-0.3, -0.25) is 4.79 Å². The van der Waals surface area contributed by atoms with Crippen LogP contribution in [0.3, 0.4) is 0 Å². The van der Waals surface area contributed by atoms with Gasteiger partial charge in [-0.25, -0.2) is 0 Å². The van der Waals surface area contributed by atoms with Crippen molar-refractivity contribution in [1.82, 2.24) is 20.1 Å². The summed E-state index contributed by atoms with van der Waals surface area (Å²) in [6, 6.07) is 7.90. The topological polar surface area (TPSA) is 71.8 Å². The number of carbonyl (C=O) groups excluding carboxylic acids is 1. The number of anilines is 1. The number of hydrogen-bond donors (Lipinski definition) is 2. The third-order valence-corrected chi connectivity index (χ3v) is 3.38. The van der Waals surface area contributed by atoms with E-state index in [9.17, 15) is 4.79 Å². The van der Waals surface area contributed by atoms with Gasteiger partial charge in [0.05, 0.1) is 12.5 Å². The van der Waals surface area contributed by atoms with Crippen LogP contribution in [0.5, 0.6) is 0 Å². The van der Waals surface area contributed by atoms with Crippen molar-refractivity contribution in [3.63, 3.8) is 0 Å². The van der Waals surface area contributed by atoms with Gasteiger partial charge in [-0.2, -0.15) is 0 Å². The first-order valence-electron chi connectivity index (χ1n) is 6.19. The number of amides is 1. The molecule has 0 aliphatic carbocycles. The zero-order valence-electron chi connectivity index (χ0n) is 10.6. The van der Waals surface area contributed by atoms with E-state index in [0.717, 1.165) is 17.1 Å². The molecule has 0 bridgehead atoms. The van der Waals surface area contributed by atoms with Crippen LogP contribution in [0.25, 0.3) is 0 Å². The van der Waals surface area contributed by atoms with E-state index >= 15 is 0 Å². The Bertz CT molecular complexity index is 607. The Labute approximate surface area is 110 Å². The predicted octanol–water partition coefficient (Wildman–Crippen LogP) is 0.641. The number of fused-ring (bicyclic) bond motifs is 1. The fourth-order valence-corrected chi connectivity index (χ4v) is 2.27. The van der Waals surface area contributed by atoms with E-state index in [4.69, 9.17) is 0 Å². The number of nitrogens with one attached hydrogen (secondary N) is 2. The Morgan fingerprint density at radius 2 is 2.37 bits per heavy atom. The van der Waals surface area contributed by atoms with Crippen molar-refractivity contribution >= 4 is 11.6 Å². The van der Waals surface area contributed by atoms with Gasteiger partial charge >= 0.3 is 0 Å². The average molecular weight is 257 g/mol. The Kier molecular flexibility index (Phi) is 2.91. The van der Waals surface area contributed by atoms with Gasteiger partial charge in [0.2, 0.25) is 5.91 Å². The summed E-state index contributed by atoms with van der Waals surface area (Å²) in [7, 11) is 1.86. The lowest BCUT2D eigenvalue weighted by Crippen LogP contribution is -2.30. The Morgan fingerprint density at radius 1 is 1.53 bits per heavy atom. The molecule has 2 heterocycles. The highest BCUT2D eigenvalue weighted by atomic mass is 16.1. The number of nitrogens with zero attached hydrogens (tertiary/aromatic N) is 3. The summed E-state index contributed by atoms with van der Waals surface area (Å²) in [5.74, 6) is 0.623. The Morgan fingerprint density at radius 3 is 3.16 bits per heavy atom. The molecule has 1 aliphatic rings. The predicted molar refractivity (Wildman–Crippen MR) is 70.5 cm³/mol. The van der Waals surface area contributed by atoms with E-state index < -0.39 is 0 Å². The smallest absolute Gasteiger partial charge is 0.229 e. The molecule has 19 heavy (non-hydrogen) atoms. The molecule has 0 spiro atoms. The van der Waals surface area contributed by atoms with Crippen LogP contribution in [-0.4, -0.2) is 27.2 Å². The normalized spacial score (nSPS) is 16.8. The van der Waals surface area contributed by atoms with Gasteiger partial charge in [-0.05, 0) is 11.6 Å². The molecule has 6 heteroatoms. The van der Waals surface area contributed by atoms with Gasteiger partial charge in [-0.1, -0.05) is 18.2 Å². The van der Waals surface area contributed by atoms with Gasteiger partial charge in [0.1, 0.15) is 6.33 Å². The largest absolute Gasteiger partial charge is 0.384 e. The van der Waals surface area contributed by atoms with Crippen molar-refractivity contribution in [2.45, 2.75) is 12.5 Å². The molecule has 0 saturated carbocycles. The van der Waals surface area contributed by atoms with Crippen LogP contribution in [0.1, 0.15) is 17.3 Å². The molecule has 1 aromatic carbocycles. The van der Waals surface area contributed by atoms with E-state index in [0.29, 0.717) is 13.1 Å². The van der Waals surface area contributed by atoms with Gasteiger partial charge in [0, 0.05) is 19.3 Å². The minimum Gasteiger partial charge on any atom is -0.384 e. The molecule has 3 rings (SSSR count). The number of para-hydroxylation sites is 1. The number of aromatic nitrogens is 3. The molecular formula is C13H15N5O. The van der Waals surface area contributed by atoms with Gasteiger partial charge in [0.15, 0.2) is 5.82 Å². The summed E-state index contributed by atoms with van der Waals surface area (Å²) in [6.45, 7) is 1.04. The first-order valence-corrected chi connectivity index (χ1v) is 6.19. The highest BCUT2D eigenvalue weighted by Crippen LogP contribution is 2.30. The van der Waals surface area contributed by atoms with Crippen molar-refractivity contribution in [3.05, 3.63) is 42.0 Å². The molecular weight excluding hydrogens is 242 g/mol. The minimum absolute atomic E-state index is 0.0143. The van der Waals surface area contributed by atoms with Crippen LogP contribution in [-0.2, 0) is 18.4 Å². The van der Waals surface area contributed by atoms with E-state index in [-0.39, 0.29) is 11.8 Å². The maximum absolute atomic E-state index is 12.2. The maximum atomic E-state index is 12.2. The summed E-state index contributed by atoms with van der Waals surface area (Å²) in [4.78, 5) is 12.2. The molecule has 0 saturated heterocycles. The number of aryl methyl sites for hydroxylation is 1. The first-order chi connectivity index (χ1) is 9.25. The lowest BCUT2D eigenvalue weighted by molar-refractivity contribution is -0.122. The Balaban J connectivity index is 1.68. The maximum Gasteiger partial charge on any atom is 0.229 e. The SMILES string of the molecule is Cn1cnnc1CNC(=O)C1CNc2ccccc21. The standard InChI is InChI=1S/C13H15N5O/c1-18-8-16-17-12(18)7-15-13(19)10-6-14-11-5-3-2-4-9(10)11/h2-5,8,10,14H,6-7H2,1H3,(H,15,19). The average Bonchev–Trinajstić information content (AvgIpc) is 3.02. The summed E-state index contributed by atoms with van der Waals surface area (Å²) < 4.78 is 1.79. The van der Waals surface area contributed by atoms with Gasteiger partial charge < -0.3 is 15.2 Å². The zero-order valence-corrected chi connectivity index (χ0v) is 10.6.